The summed E-state index contributed by atoms with van der Waals surface area (Å²) >= 11 is 0. The Kier molecular flexibility index (Phi) is 1.84. The van der Waals surface area contributed by atoms with E-state index in [1.54, 1.807) is 0 Å². The van der Waals surface area contributed by atoms with Gasteiger partial charge in [0.15, 0.2) is 0 Å². The zero-order valence-corrected chi connectivity index (χ0v) is 5.06. The van der Waals surface area contributed by atoms with Crippen molar-refractivity contribution >= 4 is 0 Å². The fraction of sp³-hybridized carbons (Fsp3) is 1.00. The smallest absolute Gasteiger partial charge is 0.116 e. The van der Waals surface area contributed by atoms with Crippen molar-refractivity contribution in [3.63, 3.8) is 0 Å². The molecule has 1 fully saturated rings. The second-order valence-electron chi connectivity index (χ2n) is 2.30. The summed E-state index contributed by atoms with van der Waals surface area (Å²) in [6.07, 6.45) is 2.12. The highest BCUT2D eigenvalue weighted by atomic mass is 19.1. The van der Waals surface area contributed by atoms with Crippen LogP contribution in [-0.2, 0) is 4.74 Å². The van der Waals surface area contributed by atoms with Gasteiger partial charge in [0.25, 0.3) is 0 Å². The first-order valence-electron chi connectivity index (χ1n) is 3.04. The number of hydrogen-bond acceptors (Lipinski definition) is 1. The highest BCUT2D eigenvalue weighted by Crippen LogP contribution is 2.18. The minimum atomic E-state index is -0.315. The summed E-state index contributed by atoms with van der Waals surface area (Å²) in [5.41, 5.74) is 0. The predicted octanol–water partition coefficient (Wildman–Crippen LogP) is 1.52. The van der Waals surface area contributed by atoms with Crippen LogP contribution in [0.25, 0.3) is 0 Å². The number of ether oxygens (including phenoxy) is 1. The van der Waals surface area contributed by atoms with E-state index in [0.717, 1.165) is 12.8 Å². The molecule has 1 heterocycles. The Bertz CT molecular complexity index is 74.9. The summed E-state index contributed by atoms with van der Waals surface area (Å²) in [6.45, 7) is 1.67. The van der Waals surface area contributed by atoms with E-state index in [9.17, 15) is 4.39 Å². The van der Waals surface area contributed by atoms with Crippen LogP contribution in [-0.4, -0.2) is 18.9 Å². The average molecular weight is 118 g/mol. The van der Waals surface area contributed by atoms with Crippen LogP contribution in [0.1, 0.15) is 19.8 Å². The Hall–Kier alpha value is -0.110. The first kappa shape index (κ1) is 6.02. The van der Waals surface area contributed by atoms with Gasteiger partial charge in [-0.1, -0.05) is 0 Å². The topological polar surface area (TPSA) is 9.23 Å². The lowest BCUT2D eigenvalue weighted by molar-refractivity contribution is 0.0408. The predicted molar refractivity (Wildman–Crippen MR) is 29.5 cm³/mol. The summed E-state index contributed by atoms with van der Waals surface area (Å²) in [4.78, 5) is 0. The van der Waals surface area contributed by atoms with E-state index in [0.29, 0.717) is 0 Å². The third-order valence-corrected chi connectivity index (χ3v) is 1.49. The van der Waals surface area contributed by atoms with Gasteiger partial charge >= 0.3 is 0 Å². The molecule has 0 aromatic rings. The third-order valence-electron chi connectivity index (χ3n) is 1.49. The zero-order chi connectivity index (χ0) is 5.98. The summed E-state index contributed by atoms with van der Waals surface area (Å²) < 4.78 is 16.9. The number of rotatable bonds is 1. The van der Waals surface area contributed by atoms with Crippen molar-refractivity contribution in [1.29, 1.82) is 0 Å². The van der Waals surface area contributed by atoms with E-state index < -0.39 is 0 Å². The average Bonchev–Trinajstić information content (AvgIpc) is 2.14. The van der Waals surface area contributed by atoms with Gasteiger partial charge in [-0.15, -0.1) is 0 Å². The molecule has 0 amide bonds. The molecule has 2 heteroatoms. The highest BCUT2D eigenvalue weighted by molar-refractivity contribution is 4.68. The Labute approximate surface area is 48.8 Å². The van der Waals surface area contributed by atoms with E-state index in [1.165, 1.54) is 0 Å². The van der Waals surface area contributed by atoms with Gasteiger partial charge in [-0.2, -0.15) is 0 Å². The first-order chi connectivity index (χ1) is 3.83. The maximum Gasteiger partial charge on any atom is 0.116 e. The maximum atomic E-state index is 11.7. The summed E-state index contributed by atoms with van der Waals surface area (Å²) in [7, 11) is 0. The monoisotopic (exact) mass is 118 g/mol. The van der Waals surface area contributed by atoms with Gasteiger partial charge in [-0.25, -0.2) is 4.39 Å². The molecule has 1 rings (SSSR count). The Morgan fingerprint density at radius 3 is 2.62 bits per heavy atom. The highest BCUT2D eigenvalue weighted by Gasteiger charge is 2.20. The summed E-state index contributed by atoms with van der Waals surface area (Å²) in [5, 5.41) is 0. The van der Waals surface area contributed by atoms with Crippen molar-refractivity contribution in [2.45, 2.75) is 32.0 Å². The van der Waals surface area contributed by atoms with Crippen LogP contribution in [0.4, 0.5) is 4.39 Å². The quantitative estimate of drug-likeness (QED) is 0.507. The normalized spacial score (nSPS) is 38.2. The molecule has 1 nitrogen and oxygen atoms in total. The molecule has 0 aliphatic carbocycles. The van der Waals surface area contributed by atoms with E-state index in [4.69, 9.17) is 4.74 Å². The first-order valence-corrected chi connectivity index (χ1v) is 3.04. The molecule has 0 aromatic carbocycles. The number of alkyl halides is 1. The molecule has 0 bridgehead atoms. The molecule has 0 N–H and O–H groups in total. The van der Waals surface area contributed by atoms with E-state index in [-0.39, 0.29) is 18.9 Å². The van der Waals surface area contributed by atoms with Crippen molar-refractivity contribution in [2.24, 2.45) is 0 Å². The van der Waals surface area contributed by atoms with Gasteiger partial charge in [0.2, 0.25) is 0 Å². The van der Waals surface area contributed by atoms with Crippen molar-refractivity contribution in [1.82, 2.24) is 0 Å². The SMILES string of the molecule is CC1CCC(CF)O1. The van der Waals surface area contributed by atoms with Crippen LogP contribution in [0.2, 0.25) is 0 Å². The van der Waals surface area contributed by atoms with E-state index in [2.05, 4.69) is 0 Å². The van der Waals surface area contributed by atoms with Crippen LogP contribution in [0.5, 0.6) is 0 Å². The van der Waals surface area contributed by atoms with Crippen molar-refractivity contribution in [3.8, 4) is 0 Å². The largest absolute Gasteiger partial charge is 0.373 e. The van der Waals surface area contributed by atoms with Crippen LogP contribution in [0.3, 0.4) is 0 Å². The Morgan fingerprint density at radius 2 is 2.38 bits per heavy atom. The molecule has 0 saturated carbocycles. The van der Waals surface area contributed by atoms with Crippen molar-refractivity contribution in [2.75, 3.05) is 6.67 Å². The van der Waals surface area contributed by atoms with E-state index in [1.807, 2.05) is 6.92 Å². The van der Waals surface area contributed by atoms with Crippen molar-refractivity contribution in [3.05, 3.63) is 0 Å². The fourth-order valence-electron chi connectivity index (χ4n) is 0.999. The second-order valence-corrected chi connectivity index (χ2v) is 2.30. The lowest BCUT2D eigenvalue weighted by atomic mass is 10.2. The summed E-state index contributed by atoms with van der Waals surface area (Å²) in [5.74, 6) is 0. The minimum absolute atomic E-state index is 0.0926. The molecule has 1 aliphatic rings. The molecule has 8 heavy (non-hydrogen) atoms. The summed E-state index contributed by atoms with van der Waals surface area (Å²) in [6, 6.07) is 0. The molecule has 1 aliphatic heterocycles. The Balaban J connectivity index is 2.22. The van der Waals surface area contributed by atoms with Crippen LogP contribution in [0, 0.1) is 0 Å². The molecule has 0 spiro atoms. The Morgan fingerprint density at radius 1 is 1.62 bits per heavy atom. The van der Waals surface area contributed by atoms with Gasteiger partial charge in [0.1, 0.15) is 6.67 Å². The number of hydrogen-bond donors (Lipinski definition) is 0. The molecule has 0 radical (unpaired) electrons. The molecular weight excluding hydrogens is 107 g/mol. The zero-order valence-electron chi connectivity index (χ0n) is 5.06. The third kappa shape index (κ3) is 1.19. The molecule has 2 atom stereocenters. The minimum Gasteiger partial charge on any atom is -0.373 e. The molecule has 2 unspecified atom stereocenters. The van der Waals surface area contributed by atoms with Gasteiger partial charge in [-0.05, 0) is 19.8 Å². The van der Waals surface area contributed by atoms with Crippen LogP contribution in [0.15, 0.2) is 0 Å². The van der Waals surface area contributed by atoms with Gasteiger partial charge in [-0.3, -0.25) is 0 Å². The lowest BCUT2D eigenvalue weighted by Crippen LogP contribution is -2.09. The molecule has 1 saturated heterocycles. The van der Waals surface area contributed by atoms with Gasteiger partial charge in [0, 0.05) is 0 Å². The standard InChI is InChI=1S/C6H11FO/c1-5-2-3-6(4-7)8-5/h5-6H,2-4H2,1H3. The van der Waals surface area contributed by atoms with Gasteiger partial charge < -0.3 is 4.74 Å². The lowest BCUT2D eigenvalue weighted by Gasteiger charge is -2.03. The van der Waals surface area contributed by atoms with Crippen LogP contribution >= 0.6 is 0 Å². The molecular formula is C6H11FO. The van der Waals surface area contributed by atoms with Crippen molar-refractivity contribution < 1.29 is 9.13 Å². The van der Waals surface area contributed by atoms with Gasteiger partial charge in [0.05, 0.1) is 12.2 Å². The maximum absolute atomic E-state index is 11.7. The van der Waals surface area contributed by atoms with Crippen LogP contribution < -0.4 is 0 Å². The fourth-order valence-corrected chi connectivity index (χ4v) is 0.999. The van der Waals surface area contributed by atoms with E-state index >= 15 is 0 Å². The molecule has 0 aromatic heterocycles. The number of halogens is 1. The molecule has 48 valence electrons. The second kappa shape index (κ2) is 2.44.